The molecule has 22 aromatic rings. The predicted molar refractivity (Wildman–Crippen MR) is 428 cm³/mol. The molecule has 6 heterocycles. The largest absolute Gasteiger partial charge is 0.354 e. The molecule has 22 rings (SSSR count). The summed E-state index contributed by atoms with van der Waals surface area (Å²) in [5.74, 6) is 0. The van der Waals surface area contributed by atoms with Gasteiger partial charge in [0.2, 0.25) is 0 Å². The lowest BCUT2D eigenvalue weighted by Crippen LogP contribution is -1.94. The molecule has 0 spiro atoms. The Morgan fingerprint density at radius 2 is 0.616 bits per heavy atom. The summed E-state index contributed by atoms with van der Waals surface area (Å²) in [6.45, 7) is 0. The molecule has 99 heavy (non-hydrogen) atoms. The Hall–Kier alpha value is -12.0. The molecule has 6 aromatic heterocycles. The van der Waals surface area contributed by atoms with Crippen molar-refractivity contribution in [2.24, 2.45) is 0 Å². The fourth-order valence-corrected chi connectivity index (χ4v) is 18.4. The van der Waals surface area contributed by atoms with E-state index in [-0.39, 0.29) is 0 Å². The lowest BCUT2D eigenvalue weighted by Gasteiger charge is -2.11. The standard InChI is InChI=1S/C46H28N2S.C40H24N2S.C6H5Cl/c1-3-11-32(12-4-1)47-40-17-9-7-15-34(40)38-27-30(21-25-41(38)47)31-22-26-42-39(28-31)36-23-19-29-20-24-37-35-16-8-10-18-43(35)49-46(37)44(29)45(36)48(42)33-13-5-2-6-14-33;1-2-8-27(9-3-1)42-35-12-6-4-10-28(35)33-23-26(17-21-36(33)42)25-16-20-34-32(22-25)30-18-14-24-15-19-31-29-11-5-7-13-37(29)43-40(31)38(24)39(30)41-34;7-6-4-2-1-3-5-6/h1-28H;1-23,41H;1-5H. The first-order valence-corrected chi connectivity index (χ1v) is 35.6. The van der Waals surface area contributed by atoms with E-state index < -0.39 is 0 Å². The molecule has 0 unspecified atom stereocenters. The van der Waals surface area contributed by atoms with Crippen molar-refractivity contribution < 1.29 is 0 Å². The van der Waals surface area contributed by atoms with Crippen LogP contribution in [-0.4, -0.2) is 18.7 Å². The number of para-hydroxylation sites is 5. The number of halogens is 1. The summed E-state index contributed by atoms with van der Waals surface area (Å²) in [5, 5.41) is 21.5. The van der Waals surface area contributed by atoms with Crippen LogP contribution < -0.4 is 0 Å². The SMILES string of the molecule is Clc1ccccc1.c1ccc(-n2c3ccccc3c3cc(-c4ccc5[nH]c6c(ccc7ccc8c9ccccc9sc8c76)c5c4)ccc32)cc1.c1ccc(-n2c3ccccc3c3cc(-c4ccc5c(c4)c4ccc6ccc7c8ccccc8sc7c6c4n5-c4ccccc4)ccc32)cc1. The topological polar surface area (TPSA) is 30.6 Å². The number of nitrogens with one attached hydrogen (secondary N) is 1. The zero-order valence-corrected chi connectivity index (χ0v) is 55.8. The molecule has 0 bridgehead atoms. The Balaban J connectivity index is 0.000000123. The number of rotatable bonds is 5. The van der Waals surface area contributed by atoms with Crippen LogP contribution >= 0.6 is 34.3 Å². The van der Waals surface area contributed by atoms with Crippen LogP contribution in [-0.2, 0) is 0 Å². The van der Waals surface area contributed by atoms with Crippen LogP contribution in [0.3, 0.4) is 0 Å². The van der Waals surface area contributed by atoms with Crippen molar-refractivity contribution in [2.75, 3.05) is 0 Å². The van der Waals surface area contributed by atoms with Gasteiger partial charge in [0.05, 0.1) is 38.6 Å². The molecule has 0 atom stereocenters. The first kappa shape index (κ1) is 57.2. The van der Waals surface area contributed by atoms with Gasteiger partial charge < -0.3 is 18.7 Å². The van der Waals surface area contributed by atoms with E-state index in [2.05, 4.69) is 328 Å². The Labute approximate surface area is 581 Å². The molecule has 0 amide bonds. The van der Waals surface area contributed by atoms with Crippen molar-refractivity contribution in [3.8, 4) is 39.3 Å². The highest BCUT2D eigenvalue weighted by Crippen LogP contribution is 2.47. The van der Waals surface area contributed by atoms with Crippen molar-refractivity contribution in [1.82, 2.24) is 18.7 Å². The fourth-order valence-electron chi connectivity index (χ4n) is 15.7. The molecule has 7 heteroatoms. The van der Waals surface area contributed by atoms with E-state index in [9.17, 15) is 0 Å². The fraction of sp³-hybridized carbons (Fsp3) is 0. The van der Waals surface area contributed by atoms with Gasteiger partial charge in [0.25, 0.3) is 0 Å². The van der Waals surface area contributed by atoms with Gasteiger partial charge in [-0.05, 0) is 154 Å². The minimum Gasteiger partial charge on any atom is -0.354 e. The lowest BCUT2D eigenvalue weighted by molar-refractivity contribution is 1.18. The van der Waals surface area contributed by atoms with E-state index in [1.54, 1.807) is 0 Å². The van der Waals surface area contributed by atoms with E-state index in [0.717, 1.165) is 5.02 Å². The zero-order valence-electron chi connectivity index (χ0n) is 53.4. The number of hydrogen-bond acceptors (Lipinski definition) is 2. The maximum Gasteiger partial charge on any atom is 0.0633 e. The van der Waals surface area contributed by atoms with Crippen molar-refractivity contribution in [1.29, 1.82) is 0 Å². The van der Waals surface area contributed by atoms with Crippen LogP contribution in [0.25, 0.3) is 188 Å². The molecule has 0 aliphatic rings. The number of thiophene rings is 2. The van der Waals surface area contributed by atoms with Crippen LogP contribution in [0.5, 0.6) is 0 Å². The van der Waals surface area contributed by atoms with E-state index in [0.29, 0.717) is 0 Å². The van der Waals surface area contributed by atoms with Crippen LogP contribution in [0.15, 0.2) is 340 Å². The third-order valence-electron chi connectivity index (χ3n) is 20.1. The van der Waals surface area contributed by atoms with E-state index in [4.69, 9.17) is 11.6 Å². The number of benzene rings is 16. The maximum atomic E-state index is 5.54. The Morgan fingerprint density at radius 3 is 1.11 bits per heavy atom. The summed E-state index contributed by atoms with van der Waals surface area (Å²) in [4.78, 5) is 3.81. The summed E-state index contributed by atoms with van der Waals surface area (Å²) < 4.78 is 12.6. The molecule has 0 radical (unpaired) electrons. The third-order valence-corrected chi connectivity index (χ3v) is 22.8. The summed E-state index contributed by atoms with van der Waals surface area (Å²) in [6, 6.07) is 123. The smallest absolute Gasteiger partial charge is 0.0633 e. The molecule has 1 N–H and O–H groups in total. The minimum absolute atomic E-state index is 0.794. The molecule has 0 saturated heterocycles. The number of H-pyrrole nitrogens is 1. The molecule has 0 saturated carbocycles. The van der Waals surface area contributed by atoms with Crippen molar-refractivity contribution in [2.45, 2.75) is 0 Å². The number of aromatic amines is 1. The van der Waals surface area contributed by atoms with E-state index >= 15 is 0 Å². The normalized spacial score (nSPS) is 11.9. The number of fused-ring (bicyclic) bond motifs is 24. The second kappa shape index (κ2) is 23.1. The second-order valence-electron chi connectivity index (χ2n) is 25.7. The highest BCUT2D eigenvalue weighted by atomic mass is 35.5. The molecule has 0 fully saturated rings. The van der Waals surface area contributed by atoms with Crippen molar-refractivity contribution in [3.63, 3.8) is 0 Å². The van der Waals surface area contributed by atoms with Crippen LogP contribution in [0.1, 0.15) is 0 Å². The van der Waals surface area contributed by atoms with Gasteiger partial charge in [-0.25, -0.2) is 0 Å². The van der Waals surface area contributed by atoms with Gasteiger partial charge in [0.1, 0.15) is 0 Å². The summed E-state index contributed by atoms with van der Waals surface area (Å²) in [5.41, 5.74) is 18.2. The molecule has 0 aliphatic heterocycles. The van der Waals surface area contributed by atoms with Gasteiger partial charge in [0.15, 0.2) is 0 Å². The van der Waals surface area contributed by atoms with Gasteiger partial charge in [-0.1, -0.05) is 230 Å². The minimum atomic E-state index is 0.794. The summed E-state index contributed by atoms with van der Waals surface area (Å²) >= 11 is 9.34. The molecular weight excluding hydrogens is 1260 g/mol. The highest BCUT2D eigenvalue weighted by molar-refractivity contribution is 7.27. The predicted octanol–water partition coefficient (Wildman–Crippen LogP) is 27.0. The van der Waals surface area contributed by atoms with Crippen LogP contribution in [0, 0.1) is 0 Å². The van der Waals surface area contributed by atoms with E-state index in [1.807, 2.05) is 53.0 Å². The van der Waals surface area contributed by atoms with Crippen LogP contribution in [0.2, 0.25) is 5.02 Å². The second-order valence-corrected chi connectivity index (χ2v) is 28.2. The molecule has 4 nitrogen and oxygen atoms in total. The summed E-state index contributed by atoms with van der Waals surface area (Å²) in [6.07, 6.45) is 0. The van der Waals surface area contributed by atoms with Gasteiger partial charge in [0, 0.05) is 122 Å². The molecule has 464 valence electrons. The van der Waals surface area contributed by atoms with Gasteiger partial charge >= 0.3 is 0 Å². The van der Waals surface area contributed by atoms with Crippen LogP contribution in [0.4, 0.5) is 0 Å². The summed E-state index contributed by atoms with van der Waals surface area (Å²) in [7, 11) is 0. The Morgan fingerprint density at radius 1 is 0.253 bits per heavy atom. The number of aromatic nitrogens is 4. The van der Waals surface area contributed by atoms with Gasteiger partial charge in [-0.2, -0.15) is 0 Å². The highest BCUT2D eigenvalue weighted by Gasteiger charge is 2.22. The maximum absolute atomic E-state index is 5.54. The Kier molecular flexibility index (Phi) is 13.3. The average Bonchev–Trinajstić information content (AvgIpc) is 1.57. The lowest BCUT2D eigenvalue weighted by atomic mass is 9.99. The van der Waals surface area contributed by atoms with E-state index in [1.165, 1.54) is 188 Å². The average molecular weight is 1320 g/mol. The monoisotopic (exact) mass is 1320 g/mol. The van der Waals surface area contributed by atoms with Crippen molar-refractivity contribution >= 4 is 183 Å². The number of nitrogens with zero attached hydrogens (tertiary/aromatic N) is 3. The first-order chi connectivity index (χ1) is 49.0. The van der Waals surface area contributed by atoms with Crippen molar-refractivity contribution in [3.05, 3.63) is 345 Å². The molecular formula is C92H57ClN4S2. The quantitative estimate of drug-likeness (QED) is 0.178. The number of hydrogen-bond donors (Lipinski definition) is 1. The van der Waals surface area contributed by atoms with Gasteiger partial charge in [-0.15, -0.1) is 22.7 Å². The van der Waals surface area contributed by atoms with Gasteiger partial charge in [-0.3, -0.25) is 0 Å². The third kappa shape index (κ3) is 9.25. The first-order valence-electron chi connectivity index (χ1n) is 33.6. The Bertz CT molecular complexity index is 6970. The zero-order chi connectivity index (χ0) is 65.2. The molecule has 0 aliphatic carbocycles. The molecule has 16 aromatic carbocycles.